The second-order valence-electron chi connectivity index (χ2n) is 6.38. The maximum atomic E-state index is 12.3. The summed E-state index contributed by atoms with van der Waals surface area (Å²) in [6.45, 7) is 0. The Morgan fingerprint density at radius 2 is 1.19 bits per heavy atom. The van der Waals surface area contributed by atoms with Crippen molar-refractivity contribution in [3.63, 3.8) is 0 Å². The van der Waals surface area contributed by atoms with Gasteiger partial charge in [-0.15, -0.1) is 13.2 Å². The lowest BCUT2D eigenvalue weighted by molar-refractivity contribution is -0.274. The highest BCUT2D eigenvalue weighted by molar-refractivity contribution is 5.94. The van der Waals surface area contributed by atoms with Gasteiger partial charge in [-0.3, -0.25) is 0 Å². The first-order valence-corrected chi connectivity index (χ1v) is 8.40. The van der Waals surface area contributed by atoms with Gasteiger partial charge in [-0.05, 0) is 47.5 Å². The van der Waals surface area contributed by atoms with Crippen LogP contribution in [0.25, 0.3) is 11.1 Å². The first-order chi connectivity index (χ1) is 12.8. The van der Waals surface area contributed by atoms with Gasteiger partial charge in [0, 0.05) is 14.1 Å². The first kappa shape index (κ1) is 17.3. The minimum Gasteiger partial charge on any atom is -0.406 e. The van der Waals surface area contributed by atoms with Gasteiger partial charge in [0.1, 0.15) is 5.75 Å². The Hall–Kier alpha value is -3.15. The lowest BCUT2D eigenvalue weighted by Gasteiger charge is -2.36. The lowest BCUT2D eigenvalue weighted by Crippen LogP contribution is -2.24. The molecule has 0 aliphatic carbocycles. The van der Waals surface area contributed by atoms with Crippen molar-refractivity contribution in [3.8, 4) is 16.9 Å². The van der Waals surface area contributed by atoms with Gasteiger partial charge in [0.2, 0.25) is 0 Å². The molecule has 1 aliphatic heterocycles. The minimum atomic E-state index is -4.69. The Labute approximate surface area is 155 Å². The first-order valence-electron chi connectivity index (χ1n) is 8.40. The van der Waals surface area contributed by atoms with E-state index in [9.17, 15) is 13.2 Å². The van der Waals surface area contributed by atoms with Crippen molar-refractivity contribution < 1.29 is 17.9 Å². The summed E-state index contributed by atoms with van der Waals surface area (Å²) in [5.74, 6) is -0.227. The molecule has 3 aromatic rings. The number of ether oxygens (including phenoxy) is 1. The van der Waals surface area contributed by atoms with E-state index < -0.39 is 6.36 Å². The molecule has 0 bridgehead atoms. The van der Waals surface area contributed by atoms with Crippen molar-refractivity contribution in [2.24, 2.45) is 0 Å². The molecule has 3 aromatic carbocycles. The van der Waals surface area contributed by atoms with E-state index in [1.807, 2.05) is 44.4 Å². The van der Waals surface area contributed by atoms with E-state index in [0.717, 1.165) is 33.9 Å². The second-order valence-corrected chi connectivity index (χ2v) is 6.38. The molecule has 0 amide bonds. The predicted octanol–water partition coefficient (Wildman–Crippen LogP) is 6.10. The zero-order chi connectivity index (χ0) is 19.2. The minimum absolute atomic E-state index is 0.227. The molecule has 27 heavy (non-hydrogen) atoms. The van der Waals surface area contributed by atoms with Crippen LogP contribution in [0.3, 0.4) is 0 Å². The normalized spacial score (nSPS) is 13.2. The van der Waals surface area contributed by atoms with E-state index in [1.165, 1.54) is 12.1 Å². The van der Waals surface area contributed by atoms with E-state index in [0.29, 0.717) is 0 Å². The molecule has 0 saturated carbocycles. The zero-order valence-electron chi connectivity index (χ0n) is 14.8. The second kappa shape index (κ2) is 6.23. The molecule has 1 aliphatic rings. The van der Waals surface area contributed by atoms with Gasteiger partial charge in [-0.25, -0.2) is 0 Å². The van der Waals surface area contributed by atoms with Gasteiger partial charge >= 0.3 is 6.36 Å². The SMILES string of the molecule is CN1c2ccccc2N(C)c2cc(-c3ccc(OC(F)(F)F)cc3)ccc21. The van der Waals surface area contributed by atoms with Gasteiger partial charge in [0.05, 0.1) is 22.7 Å². The maximum Gasteiger partial charge on any atom is 0.573 e. The molecular weight excluding hydrogens is 353 g/mol. The van der Waals surface area contributed by atoms with Crippen LogP contribution in [0.1, 0.15) is 0 Å². The van der Waals surface area contributed by atoms with Gasteiger partial charge in [-0.1, -0.05) is 30.3 Å². The van der Waals surface area contributed by atoms with Gasteiger partial charge in [-0.2, -0.15) is 0 Å². The van der Waals surface area contributed by atoms with Crippen molar-refractivity contribution in [3.05, 3.63) is 66.7 Å². The number of halogens is 3. The Balaban J connectivity index is 1.69. The quantitative estimate of drug-likeness (QED) is 0.542. The molecule has 0 unspecified atom stereocenters. The van der Waals surface area contributed by atoms with Crippen LogP contribution in [0.15, 0.2) is 66.7 Å². The molecule has 0 aromatic heterocycles. The molecule has 0 fully saturated rings. The van der Waals surface area contributed by atoms with Gasteiger partial charge < -0.3 is 14.5 Å². The Morgan fingerprint density at radius 3 is 1.78 bits per heavy atom. The van der Waals surface area contributed by atoms with Crippen molar-refractivity contribution in [2.75, 3.05) is 23.9 Å². The third kappa shape index (κ3) is 3.18. The van der Waals surface area contributed by atoms with E-state index in [-0.39, 0.29) is 5.75 Å². The zero-order valence-corrected chi connectivity index (χ0v) is 14.8. The average molecular weight is 370 g/mol. The molecule has 138 valence electrons. The Kier molecular flexibility index (Phi) is 3.98. The summed E-state index contributed by atoms with van der Waals surface area (Å²) in [6.07, 6.45) is -4.69. The molecule has 0 atom stereocenters. The van der Waals surface area contributed by atoms with E-state index >= 15 is 0 Å². The molecule has 4 rings (SSSR count). The Morgan fingerprint density at radius 1 is 0.667 bits per heavy atom. The molecular formula is C21H17F3N2O. The number of hydrogen-bond acceptors (Lipinski definition) is 3. The van der Waals surface area contributed by atoms with Crippen molar-refractivity contribution in [1.82, 2.24) is 0 Å². The topological polar surface area (TPSA) is 15.7 Å². The van der Waals surface area contributed by atoms with Crippen LogP contribution < -0.4 is 14.5 Å². The number of anilines is 4. The van der Waals surface area contributed by atoms with Gasteiger partial charge in [0.25, 0.3) is 0 Å². The number of fused-ring (bicyclic) bond motifs is 2. The van der Waals surface area contributed by atoms with E-state index in [2.05, 4.69) is 26.7 Å². The largest absolute Gasteiger partial charge is 0.573 e. The van der Waals surface area contributed by atoms with Crippen LogP contribution in [-0.4, -0.2) is 20.5 Å². The number of nitrogens with zero attached hydrogens (tertiary/aromatic N) is 2. The summed E-state index contributed by atoms with van der Waals surface area (Å²) in [4.78, 5) is 4.25. The van der Waals surface area contributed by atoms with E-state index in [1.54, 1.807) is 12.1 Å². The number of para-hydroxylation sites is 2. The highest BCUT2D eigenvalue weighted by Gasteiger charge is 2.31. The molecule has 0 saturated heterocycles. The van der Waals surface area contributed by atoms with Crippen LogP contribution >= 0.6 is 0 Å². The van der Waals surface area contributed by atoms with Crippen molar-refractivity contribution in [2.45, 2.75) is 6.36 Å². The van der Waals surface area contributed by atoms with Crippen molar-refractivity contribution in [1.29, 1.82) is 0 Å². The van der Waals surface area contributed by atoms with Crippen LogP contribution in [0.4, 0.5) is 35.9 Å². The summed E-state index contributed by atoms with van der Waals surface area (Å²) >= 11 is 0. The van der Waals surface area contributed by atoms with Crippen LogP contribution in [-0.2, 0) is 0 Å². The average Bonchev–Trinajstić information content (AvgIpc) is 2.65. The smallest absolute Gasteiger partial charge is 0.406 e. The summed E-state index contributed by atoms with van der Waals surface area (Å²) < 4.78 is 40.9. The lowest BCUT2D eigenvalue weighted by atomic mass is 10.0. The highest BCUT2D eigenvalue weighted by Crippen LogP contribution is 2.47. The molecule has 0 N–H and O–H groups in total. The number of rotatable bonds is 2. The van der Waals surface area contributed by atoms with Gasteiger partial charge in [0.15, 0.2) is 0 Å². The monoisotopic (exact) mass is 370 g/mol. The molecule has 0 spiro atoms. The summed E-state index contributed by atoms with van der Waals surface area (Å²) in [6, 6.07) is 20.1. The van der Waals surface area contributed by atoms with Crippen molar-refractivity contribution >= 4 is 22.7 Å². The number of alkyl halides is 3. The molecule has 3 nitrogen and oxygen atoms in total. The third-order valence-corrected chi connectivity index (χ3v) is 4.72. The van der Waals surface area contributed by atoms with Crippen LogP contribution in [0.2, 0.25) is 0 Å². The maximum absolute atomic E-state index is 12.3. The van der Waals surface area contributed by atoms with Crippen LogP contribution in [0.5, 0.6) is 5.75 Å². The fourth-order valence-electron chi connectivity index (χ4n) is 3.40. The summed E-state index contributed by atoms with van der Waals surface area (Å²) in [5.41, 5.74) is 6.06. The Bertz CT molecular complexity index is 983. The molecule has 0 radical (unpaired) electrons. The fourth-order valence-corrected chi connectivity index (χ4v) is 3.40. The number of benzene rings is 3. The van der Waals surface area contributed by atoms with E-state index in [4.69, 9.17) is 0 Å². The standard InChI is InChI=1S/C21H17F3N2O/c1-25-17-5-3-4-6-18(17)26(2)20-13-15(9-12-19(20)25)14-7-10-16(11-8-14)27-21(22,23)24/h3-13H,1-2H3. The summed E-state index contributed by atoms with van der Waals surface area (Å²) in [5, 5.41) is 0. The summed E-state index contributed by atoms with van der Waals surface area (Å²) in [7, 11) is 4.03. The van der Waals surface area contributed by atoms with Crippen LogP contribution in [0, 0.1) is 0 Å². The molecule has 1 heterocycles. The fraction of sp³-hybridized carbons (Fsp3) is 0.143. The number of hydrogen-bond donors (Lipinski definition) is 0. The predicted molar refractivity (Wildman–Crippen MR) is 101 cm³/mol. The molecule has 6 heteroatoms. The highest BCUT2D eigenvalue weighted by atomic mass is 19.4. The third-order valence-electron chi connectivity index (χ3n) is 4.72.